The molecule has 6 aliphatic rings. The van der Waals surface area contributed by atoms with Crippen molar-refractivity contribution in [3.8, 4) is 0 Å². The molecule has 5 saturated carbocycles. The molecule has 0 aromatic carbocycles. The Labute approximate surface area is 180 Å². The van der Waals surface area contributed by atoms with Gasteiger partial charge in [-0.2, -0.15) is 19.6 Å². The summed E-state index contributed by atoms with van der Waals surface area (Å²) in [6, 6.07) is 0. The van der Waals surface area contributed by atoms with Gasteiger partial charge in [0.2, 0.25) is 17.5 Å². The van der Waals surface area contributed by atoms with Crippen LogP contribution in [0.3, 0.4) is 0 Å². The first-order valence-electron chi connectivity index (χ1n) is 12.1. The molecular weight excluding hydrogens is 384 g/mol. The van der Waals surface area contributed by atoms with E-state index in [1.54, 1.807) is 0 Å². The van der Waals surface area contributed by atoms with Gasteiger partial charge in [-0.05, 0) is 89.8 Å². The number of nitrogens with one attached hydrogen (secondary N) is 1. The minimum absolute atomic E-state index is 0.153. The summed E-state index contributed by atoms with van der Waals surface area (Å²) >= 11 is 0. The van der Waals surface area contributed by atoms with Crippen molar-refractivity contribution in [1.29, 1.82) is 0 Å². The standard InChI is InChI=1S/C23H38N2O5/c1-25(2)9-3-8-24-21(26)15-16-4-6-22(7-5-16)27-29-23(30-28-22)19-11-17-10-18(13-19)14-20(23)12-17/h16-20H,3-15H2,1-2H3,(H,24,26). The van der Waals surface area contributed by atoms with Crippen LogP contribution in [0, 0.1) is 29.6 Å². The van der Waals surface area contributed by atoms with Gasteiger partial charge in [0.1, 0.15) is 0 Å². The molecule has 6 rings (SSSR count). The molecule has 2 spiro atoms. The van der Waals surface area contributed by atoms with Crippen LogP contribution in [-0.4, -0.2) is 49.6 Å². The van der Waals surface area contributed by atoms with Crippen molar-refractivity contribution in [2.24, 2.45) is 29.6 Å². The van der Waals surface area contributed by atoms with Crippen LogP contribution in [0.2, 0.25) is 0 Å². The number of hydrogen-bond acceptors (Lipinski definition) is 6. The number of carbonyl (C=O) groups excluding carboxylic acids is 1. The molecule has 1 aliphatic heterocycles. The van der Waals surface area contributed by atoms with Gasteiger partial charge in [0.15, 0.2) is 0 Å². The van der Waals surface area contributed by atoms with Gasteiger partial charge in [-0.25, -0.2) is 0 Å². The van der Waals surface area contributed by atoms with Gasteiger partial charge in [-0.15, -0.1) is 0 Å². The summed E-state index contributed by atoms with van der Waals surface area (Å²) in [5, 5.41) is 3.05. The molecule has 0 aromatic rings. The summed E-state index contributed by atoms with van der Waals surface area (Å²) in [5.41, 5.74) is 0. The van der Waals surface area contributed by atoms with E-state index in [1.807, 2.05) is 14.1 Å². The van der Waals surface area contributed by atoms with Crippen molar-refractivity contribution in [1.82, 2.24) is 10.2 Å². The van der Waals surface area contributed by atoms with Crippen molar-refractivity contribution < 1.29 is 24.3 Å². The Hall–Kier alpha value is -0.730. The first kappa shape index (κ1) is 21.1. The highest BCUT2D eigenvalue weighted by atomic mass is 17.4. The lowest BCUT2D eigenvalue weighted by atomic mass is 9.53. The highest BCUT2D eigenvalue weighted by Gasteiger charge is 2.64. The summed E-state index contributed by atoms with van der Waals surface area (Å²) in [6.45, 7) is 1.74. The topological polar surface area (TPSA) is 69.3 Å². The van der Waals surface area contributed by atoms with Gasteiger partial charge < -0.3 is 10.2 Å². The van der Waals surface area contributed by atoms with E-state index in [1.165, 1.54) is 32.1 Å². The van der Waals surface area contributed by atoms with E-state index in [2.05, 4.69) is 10.2 Å². The molecule has 1 saturated heterocycles. The SMILES string of the molecule is CN(C)CCCNC(=O)CC1CCC2(CC1)OOC1(OO2)C2CC3CC(C2)CC1C3. The van der Waals surface area contributed by atoms with Crippen LogP contribution >= 0.6 is 0 Å². The normalized spacial score (nSPS) is 44.8. The molecule has 170 valence electrons. The molecule has 1 heterocycles. The quantitative estimate of drug-likeness (QED) is 0.523. The molecule has 6 fully saturated rings. The second kappa shape index (κ2) is 8.32. The average molecular weight is 423 g/mol. The molecule has 0 radical (unpaired) electrons. The zero-order valence-electron chi connectivity index (χ0n) is 18.6. The number of nitrogens with zero attached hydrogens (tertiary/aromatic N) is 1. The summed E-state index contributed by atoms with van der Waals surface area (Å²) in [5.74, 6) is 1.53. The Morgan fingerprint density at radius 2 is 1.53 bits per heavy atom. The van der Waals surface area contributed by atoms with E-state index in [4.69, 9.17) is 19.6 Å². The fourth-order valence-corrected chi connectivity index (χ4v) is 6.87. The molecule has 0 aromatic heterocycles. The summed E-state index contributed by atoms with van der Waals surface area (Å²) in [6.07, 6.45) is 10.9. The Bertz CT molecular complexity index is 591. The van der Waals surface area contributed by atoms with Crippen LogP contribution in [0.4, 0.5) is 0 Å². The minimum Gasteiger partial charge on any atom is -0.356 e. The smallest absolute Gasteiger partial charge is 0.239 e. The van der Waals surface area contributed by atoms with Crippen LogP contribution in [0.25, 0.3) is 0 Å². The molecule has 1 N–H and O–H groups in total. The van der Waals surface area contributed by atoms with Crippen molar-refractivity contribution in [2.45, 2.75) is 82.2 Å². The minimum atomic E-state index is -0.793. The number of hydrogen-bond donors (Lipinski definition) is 1. The Morgan fingerprint density at radius 3 is 2.10 bits per heavy atom. The van der Waals surface area contributed by atoms with Gasteiger partial charge in [-0.3, -0.25) is 4.79 Å². The predicted molar refractivity (Wildman–Crippen MR) is 110 cm³/mol. The molecule has 5 aliphatic carbocycles. The molecule has 4 bridgehead atoms. The third-order valence-corrected chi connectivity index (χ3v) is 8.37. The molecule has 7 heteroatoms. The zero-order chi connectivity index (χ0) is 20.8. The first-order valence-corrected chi connectivity index (χ1v) is 12.1. The van der Waals surface area contributed by atoms with Crippen molar-refractivity contribution in [3.05, 3.63) is 0 Å². The van der Waals surface area contributed by atoms with Gasteiger partial charge in [0.25, 0.3) is 0 Å². The van der Waals surface area contributed by atoms with Crippen LogP contribution in [0.1, 0.15) is 70.6 Å². The number of rotatable bonds is 6. The van der Waals surface area contributed by atoms with E-state index < -0.39 is 11.6 Å². The predicted octanol–water partition coefficient (Wildman–Crippen LogP) is 3.39. The third-order valence-electron chi connectivity index (χ3n) is 8.37. The van der Waals surface area contributed by atoms with E-state index in [0.717, 1.165) is 44.2 Å². The van der Waals surface area contributed by atoms with E-state index >= 15 is 0 Å². The van der Waals surface area contributed by atoms with Gasteiger partial charge in [0.05, 0.1) is 0 Å². The van der Waals surface area contributed by atoms with E-state index in [0.29, 0.717) is 37.0 Å². The van der Waals surface area contributed by atoms with Crippen LogP contribution in [0.15, 0.2) is 0 Å². The first-order chi connectivity index (χ1) is 14.5. The molecular formula is C23H38N2O5. The summed E-state index contributed by atoms with van der Waals surface area (Å²) in [4.78, 5) is 38.6. The molecule has 1 amide bonds. The van der Waals surface area contributed by atoms with Crippen molar-refractivity contribution in [3.63, 3.8) is 0 Å². The Balaban J connectivity index is 1.07. The fourth-order valence-electron chi connectivity index (χ4n) is 6.87. The highest BCUT2D eigenvalue weighted by molar-refractivity contribution is 5.76. The lowest BCUT2D eigenvalue weighted by Crippen LogP contribution is -2.64. The average Bonchev–Trinajstić information content (AvgIpc) is 2.72. The molecule has 0 unspecified atom stereocenters. The van der Waals surface area contributed by atoms with Gasteiger partial charge in [0, 0.05) is 37.6 Å². The molecule has 0 atom stereocenters. The number of amides is 1. The van der Waals surface area contributed by atoms with Crippen molar-refractivity contribution >= 4 is 5.91 Å². The fraction of sp³-hybridized carbons (Fsp3) is 0.957. The van der Waals surface area contributed by atoms with Gasteiger partial charge >= 0.3 is 0 Å². The lowest BCUT2D eigenvalue weighted by molar-refractivity contribution is -0.680. The third kappa shape index (κ3) is 4.04. The van der Waals surface area contributed by atoms with Crippen LogP contribution in [-0.2, 0) is 24.3 Å². The molecule has 7 nitrogen and oxygen atoms in total. The van der Waals surface area contributed by atoms with Gasteiger partial charge in [-0.1, -0.05) is 0 Å². The van der Waals surface area contributed by atoms with Crippen LogP contribution < -0.4 is 5.32 Å². The molecule has 30 heavy (non-hydrogen) atoms. The van der Waals surface area contributed by atoms with Crippen molar-refractivity contribution in [2.75, 3.05) is 27.2 Å². The zero-order valence-corrected chi connectivity index (χ0v) is 18.6. The second-order valence-corrected chi connectivity index (χ2v) is 10.9. The van der Waals surface area contributed by atoms with E-state index in [-0.39, 0.29) is 5.91 Å². The maximum Gasteiger partial charge on any atom is 0.239 e. The Kier molecular flexibility index (Phi) is 5.86. The monoisotopic (exact) mass is 422 g/mol. The summed E-state index contributed by atoms with van der Waals surface area (Å²) in [7, 11) is 4.10. The largest absolute Gasteiger partial charge is 0.356 e. The maximum absolute atomic E-state index is 12.2. The summed E-state index contributed by atoms with van der Waals surface area (Å²) < 4.78 is 0. The second-order valence-electron chi connectivity index (χ2n) is 10.9. The maximum atomic E-state index is 12.2. The lowest BCUT2D eigenvalue weighted by Gasteiger charge is -2.60. The Morgan fingerprint density at radius 1 is 0.933 bits per heavy atom. The highest BCUT2D eigenvalue weighted by Crippen LogP contribution is 2.61. The van der Waals surface area contributed by atoms with Crippen LogP contribution in [0.5, 0.6) is 0 Å². The van der Waals surface area contributed by atoms with E-state index in [9.17, 15) is 4.79 Å². The number of carbonyl (C=O) groups is 1.